The van der Waals surface area contributed by atoms with Crippen LogP contribution in [0.2, 0.25) is 0 Å². The van der Waals surface area contributed by atoms with E-state index in [2.05, 4.69) is 34.3 Å². The van der Waals surface area contributed by atoms with Gasteiger partial charge in [-0.3, -0.25) is 14.5 Å². The van der Waals surface area contributed by atoms with Gasteiger partial charge in [-0.05, 0) is 38.0 Å². The van der Waals surface area contributed by atoms with Crippen LogP contribution in [0.4, 0.5) is 0 Å². The summed E-state index contributed by atoms with van der Waals surface area (Å²) < 4.78 is 3.33. The molecule has 35 heavy (non-hydrogen) atoms. The number of hydrogen-bond acceptors (Lipinski definition) is 4. The van der Waals surface area contributed by atoms with E-state index >= 15 is 0 Å². The lowest BCUT2D eigenvalue weighted by Crippen LogP contribution is -2.49. The molecule has 2 aromatic carbocycles. The van der Waals surface area contributed by atoms with Crippen molar-refractivity contribution in [1.29, 1.82) is 0 Å². The summed E-state index contributed by atoms with van der Waals surface area (Å²) in [6.45, 7) is 8.06. The Kier molecular flexibility index (Phi) is 6.51. The molecule has 3 aliphatic rings. The van der Waals surface area contributed by atoms with Crippen LogP contribution in [0, 0.1) is 0 Å². The van der Waals surface area contributed by atoms with Crippen molar-refractivity contribution in [3.8, 4) is 16.9 Å². The van der Waals surface area contributed by atoms with Crippen LogP contribution < -0.4 is 5.56 Å². The maximum atomic E-state index is 13.7. The van der Waals surface area contributed by atoms with E-state index in [0.29, 0.717) is 35.6 Å². The average molecular weight is 470 g/mol. The van der Waals surface area contributed by atoms with E-state index in [1.807, 2.05) is 72.1 Å². The minimum Gasteiger partial charge on any atom is -0.350 e. The molecule has 0 unspecified atom stereocenters. The number of carbonyl (C=O) groups excluding carboxylic acids is 1. The topological polar surface area (TPSA) is 63.4 Å². The Morgan fingerprint density at radius 3 is 2.23 bits per heavy atom. The number of nitrogens with zero attached hydrogens (tertiary/aromatic N) is 5. The third-order valence-electron chi connectivity index (χ3n) is 6.74. The third kappa shape index (κ3) is 4.77. The second kappa shape index (κ2) is 9.88. The fourth-order valence-electron chi connectivity index (χ4n) is 4.60. The summed E-state index contributed by atoms with van der Waals surface area (Å²) in [4.78, 5) is 31.2. The van der Waals surface area contributed by atoms with Gasteiger partial charge in [0.1, 0.15) is 5.69 Å². The number of piperazine rings is 1. The molecule has 3 heterocycles. The smallest absolute Gasteiger partial charge is 0.282 e. The first-order valence-electron chi connectivity index (χ1n) is 12.3. The van der Waals surface area contributed by atoms with Crippen LogP contribution in [0.15, 0.2) is 77.9 Å². The van der Waals surface area contributed by atoms with Crippen LogP contribution in [0.25, 0.3) is 16.9 Å². The van der Waals surface area contributed by atoms with Gasteiger partial charge in [0.25, 0.3) is 11.5 Å². The molecule has 1 fully saturated rings. The predicted molar refractivity (Wildman–Crippen MR) is 137 cm³/mol. The zero-order valence-electron chi connectivity index (χ0n) is 20.3. The van der Waals surface area contributed by atoms with Gasteiger partial charge < -0.3 is 9.47 Å². The first kappa shape index (κ1) is 23.1. The molecule has 7 nitrogen and oxygen atoms in total. The SMILES string of the molecule is CC(C)n1cc(C(=O)N2CCN(CCc3ccccc3)CC2)c2nn(-c3ccccc3)c(=O)c-2c1. The van der Waals surface area contributed by atoms with Gasteiger partial charge in [-0.2, -0.15) is 9.78 Å². The number of rotatable bonds is 6. The van der Waals surface area contributed by atoms with Gasteiger partial charge in [-0.15, -0.1) is 0 Å². The standard InChI is InChI=1S/C28H31N5O2/c1-21(2)32-19-24(26-25(20-32)28(35)33(29-26)23-11-7-4-8-12-23)27(34)31-17-15-30(16-18-31)14-13-22-9-5-3-6-10-22/h3-12,19-21H,13-18H2,1-2H3. The van der Waals surface area contributed by atoms with Crippen molar-refractivity contribution >= 4 is 5.91 Å². The Morgan fingerprint density at radius 2 is 1.57 bits per heavy atom. The summed E-state index contributed by atoms with van der Waals surface area (Å²) in [6, 6.07) is 19.9. The van der Waals surface area contributed by atoms with E-state index in [1.165, 1.54) is 10.2 Å². The van der Waals surface area contributed by atoms with E-state index in [4.69, 9.17) is 0 Å². The number of para-hydroxylation sites is 1. The lowest BCUT2D eigenvalue weighted by molar-refractivity contribution is 0.0638. The van der Waals surface area contributed by atoms with Crippen molar-refractivity contribution in [2.24, 2.45) is 0 Å². The van der Waals surface area contributed by atoms with Gasteiger partial charge in [0, 0.05) is 51.2 Å². The number of amides is 1. The Hall–Kier alpha value is -3.71. The third-order valence-corrected chi connectivity index (χ3v) is 6.74. The van der Waals surface area contributed by atoms with Crippen LogP contribution in [-0.2, 0) is 6.42 Å². The van der Waals surface area contributed by atoms with Gasteiger partial charge in [0.05, 0.1) is 16.8 Å². The van der Waals surface area contributed by atoms with E-state index in [9.17, 15) is 9.59 Å². The molecule has 180 valence electrons. The van der Waals surface area contributed by atoms with E-state index in [0.717, 1.165) is 26.1 Å². The second-order valence-corrected chi connectivity index (χ2v) is 9.40. The van der Waals surface area contributed by atoms with Gasteiger partial charge >= 0.3 is 0 Å². The highest BCUT2D eigenvalue weighted by atomic mass is 16.2. The molecule has 1 amide bonds. The molecule has 0 radical (unpaired) electrons. The number of hydrogen-bond donors (Lipinski definition) is 0. The molecule has 2 aromatic rings. The Balaban J connectivity index is 1.38. The molecule has 0 aliphatic carbocycles. The van der Waals surface area contributed by atoms with Crippen LogP contribution in [-0.4, -0.2) is 62.8 Å². The summed E-state index contributed by atoms with van der Waals surface area (Å²) >= 11 is 0. The monoisotopic (exact) mass is 469 g/mol. The maximum Gasteiger partial charge on any atom is 0.282 e. The number of pyridine rings is 1. The highest BCUT2D eigenvalue weighted by molar-refractivity contribution is 6.00. The molecule has 0 spiro atoms. The van der Waals surface area contributed by atoms with Crippen molar-refractivity contribution in [2.45, 2.75) is 26.3 Å². The molecule has 0 bridgehead atoms. The summed E-state index contributed by atoms with van der Waals surface area (Å²) in [7, 11) is 0. The van der Waals surface area contributed by atoms with Crippen LogP contribution in [0.1, 0.15) is 35.8 Å². The molecule has 0 aromatic heterocycles. The Morgan fingerprint density at radius 1 is 0.914 bits per heavy atom. The van der Waals surface area contributed by atoms with Crippen LogP contribution >= 0.6 is 0 Å². The zero-order chi connectivity index (χ0) is 24.4. The summed E-state index contributed by atoms with van der Waals surface area (Å²) in [5.74, 6) is -0.0644. The molecule has 3 aliphatic heterocycles. The molecule has 5 rings (SSSR count). The molecule has 0 N–H and O–H groups in total. The van der Waals surface area contributed by atoms with E-state index < -0.39 is 0 Å². The van der Waals surface area contributed by atoms with Crippen molar-refractivity contribution in [1.82, 2.24) is 24.1 Å². The van der Waals surface area contributed by atoms with E-state index in [-0.39, 0.29) is 17.5 Å². The van der Waals surface area contributed by atoms with Gasteiger partial charge in [-0.25, -0.2) is 0 Å². The number of fused-ring (bicyclic) bond motifs is 1. The first-order chi connectivity index (χ1) is 17.0. The van der Waals surface area contributed by atoms with Crippen molar-refractivity contribution in [2.75, 3.05) is 32.7 Å². The minimum atomic E-state index is -0.207. The minimum absolute atomic E-state index is 0.0644. The quantitative estimate of drug-likeness (QED) is 0.432. The number of carbonyl (C=O) groups is 1. The second-order valence-electron chi connectivity index (χ2n) is 9.40. The molecule has 7 heteroatoms. The molecule has 0 atom stereocenters. The number of benzene rings is 2. The fraction of sp³-hybridized carbons (Fsp3) is 0.321. The summed E-state index contributed by atoms with van der Waals surface area (Å²) in [5.41, 5.74) is 3.23. The Bertz CT molecular complexity index is 1320. The van der Waals surface area contributed by atoms with Crippen molar-refractivity contribution < 1.29 is 4.79 Å². The average Bonchev–Trinajstić information content (AvgIpc) is 3.24. The van der Waals surface area contributed by atoms with Gasteiger partial charge in [0.2, 0.25) is 0 Å². The van der Waals surface area contributed by atoms with Crippen LogP contribution in [0.3, 0.4) is 0 Å². The largest absolute Gasteiger partial charge is 0.350 e. The summed E-state index contributed by atoms with van der Waals surface area (Å²) in [5, 5.41) is 4.61. The number of aromatic nitrogens is 3. The highest BCUT2D eigenvalue weighted by Gasteiger charge is 2.29. The lowest BCUT2D eigenvalue weighted by Gasteiger charge is -2.35. The Labute approximate surface area is 205 Å². The predicted octanol–water partition coefficient (Wildman–Crippen LogP) is 3.72. The maximum absolute atomic E-state index is 13.7. The van der Waals surface area contributed by atoms with Crippen LogP contribution in [0.5, 0.6) is 0 Å². The van der Waals surface area contributed by atoms with Crippen molar-refractivity contribution in [3.05, 3.63) is 94.5 Å². The summed E-state index contributed by atoms with van der Waals surface area (Å²) in [6.07, 6.45) is 4.66. The van der Waals surface area contributed by atoms with E-state index in [1.54, 1.807) is 0 Å². The van der Waals surface area contributed by atoms with Crippen molar-refractivity contribution in [3.63, 3.8) is 0 Å². The van der Waals surface area contributed by atoms with Gasteiger partial charge in [0.15, 0.2) is 0 Å². The lowest BCUT2D eigenvalue weighted by atomic mass is 10.1. The molecular weight excluding hydrogens is 438 g/mol. The normalized spacial score (nSPS) is 14.7. The fourth-order valence-corrected chi connectivity index (χ4v) is 4.60. The first-order valence-corrected chi connectivity index (χ1v) is 12.3. The molecule has 1 saturated heterocycles. The molecular formula is C28H31N5O2. The zero-order valence-corrected chi connectivity index (χ0v) is 20.3. The highest BCUT2D eigenvalue weighted by Crippen LogP contribution is 2.25. The van der Waals surface area contributed by atoms with Gasteiger partial charge in [-0.1, -0.05) is 48.5 Å². The molecule has 0 saturated carbocycles.